The van der Waals surface area contributed by atoms with Crippen LogP contribution in [0.4, 0.5) is 0 Å². The second-order valence-electron chi connectivity index (χ2n) is 11.6. The third-order valence-electron chi connectivity index (χ3n) is 8.68. The van der Waals surface area contributed by atoms with E-state index in [4.69, 9.17) is 47.6 Å². The summed E-state index contributed by atoms with van der Waals surface area (Å²) in [6.45, 7) is 2.64. The number of aromatic nitrogens is 4. The van der Waals surface area contributed by atoms with Gasteiger partial charge in [0.25, 0.3) is 0 Å². The van der Waals surface area contributed by atoms with Crippen molar-refractivity contribution in [3.63, 3.8) is 0 Å². The number of carbonyl (C=O) groups is 1. The average molecular weight is 679 g/mol. The Kier molecular flexibility index (Phi) is 10.5. The zero-order chi connectivity index (χ0) is 32.9. The lowest BCUT2D eigenvalue weighted by Crippen LogP contribution is -2.35. The molecule has 2 atom stereocenters. The number of nitrogens with zero attached hydrogens (tertiary/aromatic N) is 5. The van der Waals surface area contributed by atoms with E-state index in [-0.39, 0.29) is 24.6 Å². The summed E-state index contributed by atoms with van der Waals surface area (Å²) in [5, 5.41) is 16.9. The third-order valence-corrected chi connectivity index (χ3v) is 9.49. The van der Waals surface area contributed by atoms with Crippen molar-refractivity contribution in [2.75, 3.05) is 33.9 Å². The first-order valence-corrected chi connectivity index (χ1v) is 16.4. The Balaban J connectivity index is 1.24. The Labute approximate surface area is 283 Å². The number of aliphatic hydroxyl groups excluding tert-OH is 1. The molecule has 1 amide bonds. The lowest BCUT2D eigenvalue weighted by Gasteiger charge is -2.22. The quantitative estimate of drug-likeness (QED) is 0.190. The minimum Gasteiger partial charge on any atom is -0.480 e. The topological polar surface area (TPSA) is 135 Å². The summed E-state index contributed by atoms with van der Waals surface area (Å²) in [6, 6.07) is 11.6. The van der Waals surface area contributed by atoms with Crippen LogP contribution in [0.2, 0.25) is 10.0 Å². The molecule has 0 spiro atoms. The SMILES string of the molecule is COc1nc(-c2cccc(-c3cccc(-c4cnc(CN5CCC[C@@H]5CO)c(OC)n4)c3Cl)c2Cl)cnc1CNCC1CCC(=O)N1. The first-order valence-electron chi connectivity index (χ1n) is 15.6. The van der Waals surface area contributed by atoms with Crippen molar-refractivity contribution in [2.24, 2.45) is 0 Å². The van der Waals surface area contributed by atoms with E-state index in [0.29, 0.717) is 81.8 Å². The molecule has 47 heavy (non-hydrogen) atoms. The summed E-state index contributed by atoms with van der Waals surface area (Å²) >= 11 is 14.1. The highest BCUT2D eigenvalue weighted by Crippen LogP contribution is 2.42. The first kappa shape index (κ1) is 33.0. The molecule has 2 fully saturated rings. The fraction of sp³-hybridized carbons (Fsp3) is 0.382. The number of ether oxygens (including phenoxy) is 2. The van der Waals surface area contributed by atoms with E-state index in [0.717, 1.165) is 36.9 Å². The van der Waals surface area contributed by atoms with Gasteiger partial charge in [0.15, 0.2) is 0 Å². The molecule has 0 bridgehead atoms. The Morgan fingerprint density at radius 1 is 0.915 bits per heavy atom. The number of aliphatic hydroxyl groups is 1. The van der Waals surface area contributed by atoms with Gasteiger partial charge in [-0.05, 0) is 25.8 Å². The van der Waals surface area contributed by atoms with Crippen LogP contribution in [-0.4, -0.2) is 81.8 Å². The molecule has 6 rings (SSSR count). The molecule has 2 saturated heterocycles. The first-order chi connectivity index (χ1) is 22.9. The van der Waals surface area contributed by atoms with Gasteiger partial charge in [0.1, 0.15) is 11.4 Å². The number of methoxy groups -OCH3 is 2. The molecule has 0 saturated carbocycles. The van der Waals surface area contributed by atoms with Gasteiger partial charge >= 0.3 is 0 Å². The lowest BCUT2D eigenvalue weighted by molar-refractivity contribution is -0.119. The Morgan fingerprint density at radius 2 is 1.51 bits per heavy atom. The maximum Gasteiger partial charge on any atom is 0.237 e. The largest absolute Gasteiger partial charge is 0.480 e. The van der Waals surface area contributed by atoms with E-state index in [1.165, 1.54) is 0 Å². The predicted octanol–water partition coefficient (Wildman–Crippen LogP) is 4.92. The van der Waals surface area contributed by atoms with Gasteiger partial charge in [0, 0.05) is 60.4 Å². The predicted molar refractivity (Wildman–Crippen MR) is 180 cm³/mol. The van der Waals surface area contributed by atoms with Crippen LogP contribution < -0.4 is 20.1 Å². The van der Waals surface area contributed by atoms with Gasteiger partial charge in [-0.2, -0.15) is 0 Å². The van der Waals surface area contributed by atoms with Crippen molar-refractivity contribution in [2.45, 2.75) is 50.9 Å². The highest BCUT2D eigenvalue weighted by molar-refractivity contribution is 6.39. The summed E-state index contributed by atoms with van der Waals surface area (Å²) in [5.74, 6) is 0.892. The van der Waals surface area contributed by atoms with Crippen molar-refractivity contribution >= 4 is 29.1 Å². The second-order valence-corrected chi connectivity index (χ2v) is 12.4. The number of hydrogen-bond donors (Lipinski definition) is 3. The van der Waals surface area contributed by atoms with Gasteiger partial charge < -0.3 is 25.2 Å². The minimum atomic E-state index is 0.0830. The molecule has 246 valence electrons. The number of halogens is 2. The van der Waals surface area contributed by atoms with Crippen LogP contribution in [0.5, 0.6) is 11.8 Å². The fourth-order valence-electron chi connectivity index (χ4n) is 6.18. The summed E-state index contributed by atoms with van der Waals surface area (Å²) in [4.78, 5) is 32.5. The third kappa shape index (κ3) is 7.19. The highest BCUT2D eigenvalue weighted by atomic mass is 35.5. The summed E-state index contributed by atoms with van der Waals surface area (Å²) in [5.41, 5.74) is 5.30. The van der Waals surface area contributed by atoms with Crippen molar-refractivity contribution in [3.05, 3.63) is 70.2 Å². The van der Waals surface area contributed by atoms with Crippen LogP contribution in [0.1, 0.15) is 37.1 Å². The molecule has 4 heterocycles. The molecule has 13 heteroatoms. The zero-order valence-corrected chi connectivity index (χ0v) is 27.8. The number of carbonyl (C=O) groups excluding carboxylic acids is 1. The Hall–Kier alpha value is -3.87. The van der Waals surface area contributed by atoms with Gasteiger partial charge in [-0.1, -0.05) is 59.6 Å². The van der Waals surface area contributed by atoms with Gasteiger partial charge in [-0.3, -0.25) is 19.7 Å². The average Bonchev–Trinajstić information content (AvgIpc) is 3.73. The van der Waals surface area contributed by atoms with E-state index >= 15 is 0 Å². The number of nitrogens with one attached hydrogen (secondary N) is 2. The van der Waals surface area contributed by atoms with Gasteiger partial charge in [-0.25, -0.2) is 9.97 Å². The normalized spacial score (nSPS) is 18.0. The molecule has 4 aromatic rings. The molecule has 2 aliphatic heterocycles. The molecule has 0 radical (unpaired) electrons. The maximum absolute atomic E-state index is 11.5. The molecule has 0 aliphatic carbocycles. The summed E-state index contributed by atoms with van der Waals surface area (Å²) < 4.78 is 11.2. The second kappa shape index (κ2) is 14.9. The Bertz CT molecular complexity index is 1760. The number of hydrogen-bond acceptors (Lipinski definition) is 10. The van der Waals surface area contributed by atoms with Crippen LogP contribution in [0.25, 0.3) is 33.6 Å². The molecule has 2 aliphatic rings. The molecule has 2 aromatic carbocycles. The number of likely N-dealkylation sites (tertiary alicyclic amines) is 1. The van der Waals surface area contributed by atoms with Crippen molar-refractivity contribution < 1.29 is 19.4 Å². The van der Waals surface area contributed by atoms with Gasteiger partial charge in [0.05, 0.1) is 54.7 Å². The smallest absolute Gasteiger partial charge is 0.237 e. The van der Waals surface area contributed by atoms with Crippen molar-refractivity contribution in [1.82, 2.24) is 35.5 Å². The molecule has 2 aromatic heterocycles. The van der Waals surface area contributed by atoms with Gasteiger partial charge in [-0.15, -0.1) is 0 Å². The monoisotopic (exact) mass is 677 g/mol. The van der Waals surface area contributed by atoms with E-state index in [1.54, 1.807) is 26.6 Å². The van der Waals surface area contributed by atoms with Crippen LogP contribution in [-0.2, 0) is 17.9 Å². The standard InChI is InChI=1S/C34H37Cl2N7O4/c1-46-33-28(15-37-14-20-11-12-30(45)40-20)38-16-26(41-33)24-9-3-7-22(31(24)35)23-8-4-10-25(32(23)36)27-17-39-29(34(42-27)47-2)18-43-13-5-6-21(43)19-44/h3-4,7-10,16-17,20-21,37,44H,5-6,11-15,18-19H2,1-2H3,(H,40,45)/t20?,21-/m1/s1. The fourth-order valence-corrected chi connectivity index (χ4v) is 6.83. The van der Waals surface area contributed by atoms with Crippen LogP contribution in [0, 0.1) is 0 Å². The minimum absolute atomic E-state index is 0.0830. The van der Waals surface area contributed by atoms with Crippen LogP contribution >= 0.6 is 23.2 Å². The zero-order valence-electron chi connectivity index (χ0n) is 26.3. The number of benzene rings is 2. The van der Waals surface area contributed by atoms with Crippen molar-refractivity contribution in [3.8, 4) is 45.4 Å². The molecular weight excluding hydrogens is 641 g/mol. The molecular formula is C34H37Cl2N7O4. The molecule has 1 unspecified atom stereocenters. The van der Waals surface area contributed by atoms with E-state index < -0.39 is 0 Å². The molecule has 11 nitrogen and oxygen atoms in total. The Morgan fingerprint density at radius 3 is 2.09 bits per heavy atom. The summed E-state index contributed by atoms with van der Waals surface area (Å²) in [6.07, 6.45) is 6.75. The van der Waals surface area contributed by atoms with Crippen LogP contribution in [0.15, 0.2) is 48.8 Å². The molecule has 3 N–H and O–H groups in total. The highest BCUT2D eigenvalue weighted by Gasteiger charge is 2.26. The van der Waals surface area contributed by atoms with Crippen molar-refractivity contribution in [1.29, 1.82) is 0 Å². The van der Waals surface area contributed by atoms with Gasteiger partial charge in [0.2, 0.25) is 17.7 Å². The summed E-state index contributed by atoms with van der Waals surface area (Å²) in [7, 11) is 3.13. The number of amides is 1. The van der Waals surface area contributed by atoms with E-state index in [9.17, 15) is 9.90 Å². The number of rotatable bonds is 12. The van der Waals surface area contributed by atoms with Crippen LogP contribution in [0.3, 0.4) is 0 Å². The van der Waals surface area contributed by atoms with E-state index in [2.05, 4.69) is 20.5 Å². The van der Waals surface area contributed by atoms with E-state index in [1.807, 2.05) is 36.4 Å². The maximum atomic E-state index is 11.5. The lowest BCUT2D eigenvalue weighted by atomic mass is 9.98.